The largest absolute Gasteiger partial charge is 0.481 e. The Hall–Kier alpha value is -3.05. The minimum absolute atomic E-state index is 0.0251. The van der Waals surface area contributed by atoms with Crippen molar-refractivity contribution in [1.29, 1.82) is 0 Å². The van der Waals surface area contributed by atoms with Crippen molar-refractivity contribution in [3.05, 3.63) is 89.5 Å². The molecular weight excluding hydrogens is 380 g/mol. The molecule has 0 aliphatic rings. The Balaban J connectivity index is 3.08. The molecular formula is C29H34O2. The lowest BCUT2D eigenvalue weighted by Gasteiger charge is -2.39. The predicted octanol–water partition coefficient (Wildman–Crippen LogP) is 6.64. The van der Waals surface area contributed by atoms with E-state index in [9.17, 15) is 4.79 Å². The first-order valence-electron chi connectivity index (χ1n) is 10.7. The molecule has 0 aliphatic heterocycles. The van der Waals surface area contributed by atoms with Crippen molar-refractivity contribution in [3.8, 4) is 18.1 Å². The maximum Gasteiger partial charge on any atom is 0.149 e. The molecule has 2 heteroatoms. The third kappa shape index (κ3) is 4.83. The van der Waals surface area contributed by atoms with E-state index in [1.54, 1.807) is 13.0 Å². The van der Waals surface area contributed by atoms with Gasteiger partial charge < -0.3 is 4.74 Å². The standard InChI is InChI=1S/C29H34O2/c1-9-14-25(21(3)4)29(22(5)30,23-15-12-11-13-16-23)26-20-24(28(6,7)8)17-18-27(26)31-19-10-2/h2,9,11-18,20-21H,1,19H2,3-8H3/b25-14+. The van der Waals surface area contributed by atoms with E-state index in [-0.39, 0.29) is 23.7 Å². The molecule has 0 aliphatic carbocycles. The number of hydrogen-bond donors (Lipinski definition) is 0. The van der Waals surface area contributed by atoms with Gasteiger partial charge in [0.25, 0.3) is 0 Å². The van der Waals surface area contributed by atoms with Crippen LogP contribution in [0.1, 0.15) is 58.2 Å². The van der Waals surface area contributed by atoms with Gasteiger partial charge in [-0.3, -0.25) is 4.79 Å². The van der Waals surface area contributed by atoms with Crippen LogP contribution in [0.5, 0.6) is 5.75 Å². The Morgan fingerprint density at radius 3 is 2.26 bits per heavy atom. The second kappa shape index (κ2) is 9.84. The molecule has 0 spiro atoms. The summed E-state index contributed by atoms with van der Waals surface area (Å²) in [6, 6.07) is 16.0. The van der Waals surface area contributed by atoms with E-state index < -0.39 is 5.41 Å². The average molecular weight is 415 g/mol. The zero-order valence-electron chi connectivity index (χ0n) is 19.7. The highest BCUT2D eigenvalue weighted by Gasteiger charge is 2.46. The number of allylic oxidation sites excluding steroid dienone is 3. The lowest BCUT2D eigenvalue weighted by Crippen LogP contribution is -2.40. The molecule has 0 saturated carbocycles. The number of ketones is 1. The van der Waals surface area contributed by atoms with Crippen molar-refractivity contribution >= 4 is 5.78 Å². The number of benzene rings is 2. The molecule has 31 heavy (non-hydrogen) atoms. The molecule has 0 radical (unpaired) electrons. The van der Waals surface area contributed by atoms with E-state index in [0.29, 0.717) is 5.75 Å². The summed E-state index contributed by atoms with van der Waals surface area (Å²) in [5.74, 6) is 3.30. The molecule has 0 N–H and O–H groups in total. The van der Waals surface area contributed by atoms with Crippen molar-refractivity contribution in [1.82, 2.24) is 0 Å². The third-order valence-electron chi connectivity index (χ3n) is 5.65. The van der Waals surface area contributed by atoms with Crippen molar-refractivity contribution < 1.29 is 9.53 Å². The van der Waals surface area contributed by atoms with Crippen LogP contribution in [-0.4, -0.2) is 12.4 Å². The van der Waals surface area contributed by atoms with Gasteiger partial charge in [0, 0.05) is 5.56 Å². The minimum atomic E-state index is -1.02. The number of ether oxygens (including phenoxy) is 1. The number of rotatable bonds is 8. The Bertz CT molecular complexity index is 997. The Labute approximate surface area is 188 Å². The molecule has 0 amide bonds. The van der Waals surface area contributed by atoms with E-state index in [1.807, 2.05) is 42.5 Å². The van der Waals surface area contributed by atoms with Crippen LogP contribution in [0.4, 0.5) is 0 Å². The van der Waals surface area contributed by atoms with Gasteiger partial charge in [0.1, 0.15) is 23.6 Å². The summed E-state index contributed by atoms with van der Waals surface area (Å²) >= 11 is 0. The van der Waals surface area contributed by atoms with E-state index >= 15 is 0 Å². The van der Waals surface area contributed by atoms with Gasteiger partial charge in [0.2, 0.25) is 0 Å². The minimum Gasteiger partial charge on any atom is -0.481 e. The van der Waals surface area contributed by atoms with Crippen molar-refractivity contribution in [2.45, 2.75) is 52.4 Å². The lowest BCUT2D eigenvalue weighted by atomic mass is 9.62. The van der Waals surface area contributed by atoms with Crippen LogP contribution >= 0.6 is 0 Å². The summed E-state index contributed by atoms with van der Waals surface area (Å²) in [6.45, 7) is 16.4. The van der Waals surface area contributed by atoms with Crippen molar-refractivity contribution in [3.63, 3.8) is 0 Å². The van der Waals surface area contributed by atoms with Crippen LogP contribution in [0.25, 0.3) is 0 Å². The number of terminal acetylenes is 1. The summed E-state index contributed by atoms with van der Waals surface area (Å²) in [7, 11) is 0. The first-order valence-corrected chi connectivity index (χ1v) is 10.7. The van der Waals surface area contributed by atoms with Gasteiger partial charge in [0.05, 0.1) is 0 Å². The second-order valence-electron chi connectivity index (χ2n) is 9.14. The van der Waals surface area contributed by atoms with Gasteiger partial charge >= 0.3 is 0 Å². The fraction of sp³-hybridized carbons (Fsp3) is 0.345. The molecule has 1 unspecified atom stereocenters. The second-order valence-corrected chi connectivity index (χ2v) is 9.14. The molecule has 2 nitrogen and oxygen atoms in total. The Morgan fingerprint density at radius 1 is 1.13 bits per heavy atom. The zero-order chi connectivity index (χ0) is 23.2. The highest BCUT2D eigenvalue weighted by molar-refractivity contribution is 5.97. The quantitative estimate of drug-likeness (QED) is 0.357. The highest BCUT2D eigenvalue weighted by Crippen LogP contribution is 2.48. The highest BCUT2D eigenvalue weighted by atomic mass is 16.5. The Kier molecular flexibility index (Phi) is 7.69. The van der Waals surface area contributed by atoms with Crippen molar-refractivity contribution in [2.24, 2.45) is 5.92 Å². The summed E-state index contributed by atoms with van der Waals surface area (Å²) in [6.07, 6.45) is 9.22. The SMILES string of the molecule is C#CCOc1ccc(C(C)(C)C)cc1C(C(C)=O)(/C(=C/C=C)C(C)C)c1ccccc1. The van der Waals surface area contributed by atoms with Gasteiger partial charge in [0.15, 0.2) is 0 Å². The molecule has 2 rings (SSSR count). The van der Waals surface area contributed by atoms with Crippen LogP contribution in [-0.2, 0) is 15.6 Å². The number of Topliss-reactive ketones (excluding diaryl/α,β-unsaturated/α-hetero) is 1. The first-order chi connectivity index (χ1) is 14.6. The maximum atomic E-state index is 13.7. The fourth-order valence-electron chi connectivity index (χ4n) is 4.17. The predicted molar refractivity (Wildman–Crippen MR) is 130 cm³/mol. The van der Waals surface area contributed by atoms with Crippen LogP contribution in [0.2, 0.25) is 0 Å². The van der Waals surface area contributed by atoms with Crippen molar-refractivity contribution in [2.75, 3.05) is 6.61 Å². The molecule has 2 aromatic rings. The maximum absolute atomic E-state index is 13.7. The number of carbonyl (C=O) groups excluding carboxylic acids is 1. The van der Waals surface area contributed by atoms with Crippen LogP contribution in [0.15, 0.2) is 72.8 Å². The van der Waals surface area contributed by atoms with Crippen LogP contribution in [0.3, 0.4) is 0 Å². The molecule has 162 valence electrons. The van der Waals surface area contributed by atoms with Gasteiger partial charge in [-0.25, -0.2) is 0 Å². The molecule has 0 aromatic heterocycles. The van der Waals surface area contributed by atoms with E-state index in [0.717, 1.165) is 22.3 Å². The zero-order valence-corrected chi connectivity index (χ0v) is 19.7. The van der Waals surface area contributed by atoms with Gasteiger partial charge in [-0.05, 0) is 47.1 Å². The first kappa shape index (κ1) is 24.2. The normalized spacial score (nSPS) is 13.9. The van der Waals surface area contributed by atoms with Crippen LogP contribution in [0, 0.1) is 18.3 Å². The number of hydrogen-bond acceptors (Lipinski definition) is 2. The average Bonchev–Trinajstić information content (AvgIpc) is 2.72. The van der Waals surface area contributed by atoms with Gasteiger partial charge in [-0.15, -0.1) is 6.42 Å². The summed E-state index contributed by atoms with van der Waals surface area (Å²) < 4.78 is 6.00. The summed E-state index contributed by atoms with van der Waals surface area (Å²) in [5.41, 5.74) is 2.70. The third-order valence-corrected chi connectivity index (χ3v) is 5.65. The van der Waals surface area contributed by atoms with E-state index in [4.69, 9.17) is 11.2 Å². The monoisotopic (exact) mass is 414 g/mol. The summed E-state index contributed by atoms with van der Waals surface area (Å²) in [4.78, 5) is 13.7. The molecule has 0 saturated heterocycles. The molecule has 1 atom stereocenters. The fourth-order valence-corrected chi connectivity index (χ4v) is 4.17. The van der Waals surface area contributed by atoms with E-state index in [2.05, 4.69) is 59.3 Å². The lowest BCUT2D eigenvalue weighted by molar-refractivity contribution is -0.120. The number of carbonyl (C=O) groups is 1. The smallest absolute Gasteiger partial charge is 0.149 e. The molecule has 0 fully saturated rings. The molecule has 0 bridgehead atoms. The Morgan fingerprint density at radius 2 is 1.77 bits per heavy atom. The van der Waals surface area contributed by atoms with Crippen LogP contribution < -0.4 is 4.74 Å². The van der Waals surface area contributed by atoms with Gasteiger partial charge in [-0.1, -0.05) is 95.7 Å². The topological polar surface area (TPSA) is 26.3 Å². The molecule has 0 heterocycles. The van der Waals surface area contributed by atoms with E-state index in [1.165, 1.54) is 0 Å². The van der Waals surface area contributed by atoms with Gasteiger partial charge in [-0.2, -0.15) is 0 Å². The molecule has 2 aromatic carbocycles. The summed E-state index contributed by atoms with van der Waals surface area (Å²) in [5, 5.41) is 0.